The van der Waals surface area contributed by atoms with Crippen molar-refractivity contribution in [2.75, 3.05) is 42.9 Å². The van der Waals surface area contributed by atoms with Gasteiger partial charge in [-0.1, -0.05) is 29.3 Å². The Morgan fingerprint density at radius 2 is 1.68 bits per heavy atom. The number of aliphatic imine (C=N–C) groups is 1. The second-order valence-corrected chi connectivity index (χ2v) is 6.97. The summed E-state index contributed by atoms with van der Waals surface area (Å²) in [6.45, 7) is 4.98. The molecule has 2 aromatic carbocycles. The maximum absolute atomic E-state index is 12.4. The van der Waals surface area contributed by atoms with Crippen molar-refractivity contribution < 1.29 is 4.79 Å². The Hall–Kier alpha value is -2.00. The number of hydrogen-bond acceptors (Lipinski definition) is 3. The van der Waals surface area contributed by atoms with E-state index in [0.29, 0.717) is 13.1 Å². The van der Waals surface area contributed by atoms with Gasteiger partial charge in [-0.25, -0.2) is 4.99 Å². The first kappa shape index (κ1) is 22.3. The highest BCUT2D eigenvalue weighted by molar-refractivity contribution is 14.0. The molecule has 0 spiro atoms. The molecule has 0 radical (unpaired) electrons. The molecule has 1 heterocycles. The van der Waals surface area contributed by atoms with Crippen molar-refractivity contribution in [2.24, 2.45) is 10.7 Å². The van der Waals surface area contributed by atoms with E-state index in [0.717, 1.165) is 29.5 Å². The molecule has 0 bridgehead atoms. The van der Waals surface area contributed by atoms with Crippen molar-refractivity contribution in [3.8, 4) is 0 Å². The Balaban J connectivity index is 0.00000280. The lowest BCUT2D eigenvalue weighted by Crippen LogP contribution is -2.49. The van der Waals surface area contributed by atoms with E-state index in [2.05, 4.69) is 15.2 Å². The van der Waals surface area contributed by atoms with Crippen molar-refractivity contribution in [2.45, 2.75) is 6.92 Å². The van der Waals surface area contributed by atoms with Gasteiger partial charge in [0, 0.05) is 42.6 Å². The molecule has 0 aromatic heterocycles. The van der Waals surface area contributed by atoms with Gasteiger partial charge in [0.05, 0.1) is 0 Å². The van der Waals surface area contributed by atoms with Crippen LogP contribution >= 0.6 is 35.6 Å². The minimum absolute atomic E-state index is 0. The fraction of sp³-hybridized carbons (Fsp3) is 0.300. The van der Waals surface area contributed by atoms with Crippen molar-refractivity contribution in [3.05, 3.63) is 59.1 Å². The molecular weight excluding hydrogens is 489 g/mol. The van der Waals surface area contributed by atoms with Crippen molar-refractivity contribution in [1.82, 2.24) is 4.90 Å². The molecule has 3 N–H and O–H groups in total. The van der Waals surface area contributed by atoms with Crippen molar-refractivity contribution >= 4 is 58.8 Å². The predicted molar refractivity (Wildman–Crippen MR) is 127 cm³/mol. The first-order chi connectivity index (χ1) is 13.0. The average molecular weight is 514 g/mol. The van der Waals surface area contributed by atoms with Gasteiger partial charge in [0.1, 0.15) is 6.54 Å². The summed E-state index contributed by atoms with van der Waals surface area (Å²) in [7, 11) is 0. The molecule has 1 fully saturated rings. The van der Waals surface area contributed by atoms with E-state index in [1.54, 1.807) is 0 Å². The lowest BCUT2D eigenvalue weighted by Gasteiger charge is -2.36. The van der Waals surface area contributed by atoms with Gasteiger partial charge >= 0.3 is 0 Å². The standard InChI is InChI=1S/C20H24ClN5O.HI/c1-15-2-6-17(7-3-15)24-20(22)23-14-19(27)26-12-10-25(11-13-26)18-8-4-16(21)5-9-18;/h2-9H,10-14H2,1H3,(H3,22,23,24);1H. The zero-order valence-corrected chi connectivity index (χ0v) is 18.9. The van der Waals surface area contributed by atoms with E-state index in [1.807, 2.05) is 60.4 Å². The molecule has 1 aliphatic heterocycles. The number of carbonyl (C=O) groups is 1. The maximum atomic E-state index is 12.4. The van der Waals surface area contributed by atoms with E-state index in [-0.39, 0.29) is 42.4 Å². The number of halogens is 2. The van der Waals surface area contributed by atoms with Gasteiger partial charge in [0.2, 0.25) is 5.91 Å². The fourth-order valence-electron chi connectivity index (χ4n) is 2.94. The number of benzene rings is 2. The number of nitrogens with one attached hydrogen (secondary N) is 1. The number of carbonyl (C=O) groups excluding carboxylic acids is 1. The Bertz CT molecular complexity index is 802. The average Bonchev–Trinajstić information content (AvgIpc) is 2.69. The maximum Gasteiger partial charge on any atom is 0.244 e. The van der Waals surface area contributed by atoms with Gasteiger partial charge in [-0.2, -0.15) is 0 Å². The molecule has 1 saturated heterocycles. The molecule has 3 rings (SSSR count). The number of hydrogen-bond donors (Lipinski definition) is 2. The number of piperazine rings is 1. The third-order valence-corrected chi connectivity index (χ3v) is 4.78. The summed E-state index contributed by atoms with van der Waals surface area (Å²) in [5.41, 5.74) is 9.03. The molecule has 6 nitrogen and oxygen atoms in total. The Labute approximate surface area is 187 Å². The molecule has 8 heteroatoms. The zero-order chi connectivity index (χ0) is 19.2. The summed E-state index contributed by atoms with van der Waals surface area (Å²) in [6.07, 6.45) is 0. The number of rotatable bonds is 4. The predicted octanol–water partition coefficient (Wildman–Crippen LogP) is 3.34. The summed E-state index contributed by atoms with van der Waals surface area (Å²) < 4.78 is 0. The molecular formula is C20H25ClIN5O. The van der Waals surface area contributed by atoms with Crippen LogP contribution in [0.1, 0.15) is 5.56 Å². The van der Waals surface area contributed by atoms with E-state index >= 15 is 0 Å². The van der Waals surface area contributed by atoms with Crippen LogP contribution in [0.2, 0.25) is 5.02 Å². The smallest absolute Gasteiger partial charge is 0.244 e. The number of nitrogens with zero attached hydrogens (tertiary/aromatic N) is 3. The SMILES string of the molecule is Cc1ccc(NC(N)=NCC(=O)N2CCN(c3ccc(Cl)cc3)CC2)cc1.I. The quantitative estimate of drug-likeness (QED) is 0.374. The van der Waals surface area contributed by atoms with Crippen LogP contribution in [0.3, 0.4) is 0 Å². The molecule has 0 saturated carbocycles. The summed E-state index contributed by atoms with van der Waals surface area (Å²) in [6, 6.07) is 15.6. The molecule has 0 atom stereocenters. The van der Waals surface area contributed by atoms with Crippen molar-refractivity contribution in [3.63, 3.8) is 0 Å². The molecule has 0 unspecified atom stereocenters. The van der Waals surface area contributed by atoms with Crippen molar-refractivity contribution in [1.29, 1.82) is 0 Å². The molecule has 2 aromatic rings. The highest BCUT2D eigenvalue weighted by Crippen LogP contribution is 2.19. The fourth-order valence-corrected chi connectivity index (χ4v) is 3.07. The van der Waals surface area contributed by atoms with E-state index < -0.39 is 0 Å². The minimum Gasteiger partial charge on any atom is -0.370 e. The minimum atomic E-state index is -0.0144. The van der Waals surface area contributed by atoms with Gasteiger partial charge in [0.25, 0.3) is 0 Å². The molecule has 0 aliphatic carbocycles. The van der Waals surface area contributed by atoms with Crippen LogP contribution in [0.25, 0.3) is 0 Å². The van der Waals surface area contributed by atoms with Crippen LogP contribution in [0.4, 0.5) is 11.4 Å². The Kier molecular flexibility index (Phi) is 8.37. The van der Waals surface area contributed by atoms with Crippen LogP contribution in [0.15, 0.2) is 53.5 Å². The highest BCUT2D eigenvalue weighted by atomic mass is 127. The van der Waals surface area contributed by atoms with Gasteiger partial charge in [-0.15, -0.1) is 24.0 Å². The van der Waals surface area contributed by atoms with Gasteiger partial charge in [-0.05, 0) is 43.3 Å². The Morgan fingerprint density at radius 1 is 1.07 bits per heavy atom. The topological polar surface area (TPSA) is 74.0 Å². The van der Waals surface area contributed by atoms with Gasteiger partial charge < -0.3 is 20.9 Å². The largest absolute Gasteiger partial charge is 0.370 e. The monoisotopic (exact) mass is 513 g/mol. The summed E-state index contributed by atoms with van der Waals surface area (Å²) >= 11 is 5.93. The van der Waals surface area contributed by atoms with E-state index in [4.69, 9.17) is 17.3 Å². The second-order valence-electron chi connectivity index (χ2n) is 6.54. The van der Waals surface area contributed by atoms with Crippen LogP contribution in [0, 0.1) is 6.92 Å². The summed E-state index contributed by atoms with van der Waals surface area (Å²) in [5, 5.41) is 3.72. The number of anilines is 2. The van der Waals surface area contributed by atoms with E-state index in [1.165, 1.54) is 5.56 Å². The highest BCUT2D eigenvalue weighted by Gasteiger charge is 2.21. The summed E-state index contributed by atoms with van der Waals surface area (Å²) in [5.74, 6) is 0.228. The van der Waals surface area contributed by atoms with Crippen LogP contribution < -0.4 is 16.0 Å². The lowest BCUT2D eigenvalue weighted by molar-refractivity contribution is -0.129. The van der Waals surface area contributed by atoms with Crippen LogP contribution in [0.5, 0.6) is 0 Å². The van der Waals surface area contributed by atoms with Gasteiger partial charge in [0.15, 0.2) is 5.96 Å². The number of aryl methyl sites for hydroxylation is 1. The summed E-state index contributed by atoms with van der Waals surface area (Å²) in [4.78, 5) is 20.6. The lowest BCUT2D eigenvalue weighted by atomic mass is 10.2. The molecule has 1 aliphatic rings. The third kappa shape index (κ3) is 6.27. The van der Waals surface area contributed by atoms with E-state index in [9.17, 15) is 4.79 Å². The first-order valence-electron chi connectivity index (χ1n) is 8.93. The number of nitrogens with two attached hydrogens (primary N) is 1. The number of amides is 1. The molecule has 1 amide bonds. The van der Waals surface area contributed by atoms with Gasteiger partial charge in [-0.3, -0.25) is 4.79 Å². The third-order valence-electron chi connectivity index (χ3n) is 4.53. The second kappa shape index (κ2) is 10.5. The first-order valence-corrected chi connectivity index (χ1v) is 9.31. The van der Waals surface area contributed by atoms with Crippen LogP contribution in [-0.4, -0.2) is 49.5 Å². The van der Waals surface area contributed by atoms with Crippen LogP contribution in [-0.2, 0) is 4.79 Å². The zero-order valence-electron chi connectivity index (χ0n) is 15.8. The Morgan fingerprint density at radius 3 is 2.29 bits per heavy atom. The molecule has 28 heavy (non-hydrogen) atoms. The normalized spacial score (nSPS) is 14.4. The molecule has 150 valence electrons. The number of guanidine groups is 1.